The molecule has 5 heteroatoms. The summed E-state index contributed by atoms with van der Waals surface area (Å²) in [7, 11) is 0. The van der Waals surface area contributed by atoms with Gasteiger partial charge < -0.3 is 9.73 Å². The molecule has 0 unspecified atom stereocenters. The molecule has 0 aliphatic rings. The molecule has 0 spiro atoms. The molecule has 2 heterocycles. The number of nitrogens with one attached hydrogen (secondary N) is 1. The predicted octanol–water partition coefficient (Wildman–Crippen LogP) is 3.63. The first-order chi connectivity index (χ1) is 8.24. The first kappa shape index (κ1) is 12.1. The van der Waals surface area contributed by atoms with Crippen LogP contribution >= 0.6 is 15.9 Å². The zero-order chi connectivity index (χ0) is 12.3. The van der Waals surface area contributed by atoms with Gasteiger partial charge in [0.1, 0.15) is 17.8 Å². The summed E-state index contributed by atoms with van der Waals surface area (Å²) in [6, 6.07) is 1.86. The topological polar surface area (TPSA) is 51.0 Å². The van der Waals surface area contributed by atoms with Crippen LogP contribution in [0.3, 0.4) is 0 Å². The van der Waals surface area contributed by atoms with Gasteiger partial charge in [-0.1, -0.05) is 6.92 Å². The predicted molar refractivity (Wildman–Crippen MR) is 71.0 cm³/mol. The van der Waals surface area contributed by atoms with E-state index in [0.717, 1.165) is 40.3 Å². The summed E-state index contributed by atoms with van der Waals surface area (Å²) in [6.07, 6.45) is 4.25. The Morgan fingerprint density at radius 3 is 2.88 bits per heavy atom. The maximum atomic E-state index is 5.43. The molecule has 17 heavy (non-hydrogen) atoms. The quantitative estimate of drug-likeness (QED) is 0.936. The second-order valence-electron chi connectivity index (χ2n) is 3.72. The molecule has 2 rings (SSSR count). The van der Waals surface area contributed by atoms with E-state index in [4.69, 9.17) is 4.42 Å². The highest BCUT2D eigenvalue weighted by Gasteiger charge is 2.14. The number of hydrogen-bond donors (Lipinski definition) is 1. The number of hydrogen-bond acceptors (Lipinski definition) is 4. The Balaban J connectivity index is 2.39. The minimum Gasteiger partial charge on any atom is -0.461 e. The number of anilines is 1. The van der Waals surface area contributed by atoms with E-state index in [1.54, 1.807) is 12.6 Å². The van der Waals surface area contributed by atoms with Gasteiger partial charge in [-0.15, -0.1) is 0 Å². The van der Waals surface area contributed by atoms with E-state index in [2.05, 4.69) is 38.1 Å². The van der Waals surface area contributed by atoms with E-state index in [0.29, 0.717) is 0 Å². The van der Waals surface area contributed by atoms with Crippen LogP contribution in [0.15, 0.2) is 27.5 Å². The highest BCUT2D eigenvalue weighted by atomic mass is 79.9. The first-order valence-corrected chi connectivity index (χ1v) is 6.32. The Bertz CT molecular complexity index is 510. The average molecular weight is 296 g/mol. The van der Waals surface area contributed by atoms with E-state index < -0.39 is 0 Å². The molecule has 0 fully saturated rings. The molecule has 0 aliphatic carbocycles. The van der Waals surface area contributed by atoms with Gasteiger partial charge in [-0.3, -0.25) is 0 Å². The molecule has 2 aromatic heterocycles. The van der Waals surface area contributed by atoms with Crippen LogP contribution in [0, 0.1) is 6.92 Å². The molecule has 0 radical (unpaired) electrons. The zero-order valence-electron chi connectivity index (χ0n) is 9.83. The molecule has 4 nitrogen and oxygen atoms in total. The SMILES string of the molecule is CCCNc1ncnc(-c2occc2Br)c1C. The van der Waals surface area contributed by atoms with Crippen molar-refractivity contribution in [1.82, 2.24) is 9.97 Å². The van der Waals surface area contributed by atoms with Crippen molar-refractivity contribution in [3.8, 4) is 11.5 Å². The van der Waals surface area contributed by atoms with Crippen LogP contribution in [0.5, 0.6) is 0 Å². The highest BCUT2D eigenvalue weighted by Crippen LogP contribution is 2.31. The summed E-state index contributed by atoms with van der Waals surface area (Å²) in [6.45, 7) is 5.01. The van der Waals surface area contributed by atoms with Gasteiger partial charge in [0, 0.05) is 12.1 Å². The molecule has 1 N–H and O–H groups in total. The van der Waals surface area contributed by atoms with Gasteiger partial charge in [0.15, 0.2) is 5.76 Å². The minimum atomic E-state index is 0.740. The second kappa shape index (κ2) is 5.31. The van der Waals surface area contributed by atoms with Crippen LogP contribution in [0.4, 0.5) is 5.82 Å². The number of aromatic nitrogens is 2. The largest absolute Gasteiger partial charge is 0.461 e. The summed E-state index contributed by atoms with van der Waals surface area (Å²) >= 11 is 3.44. The molecule has 0 bridgehead atoms. The summed E-state index contributed by atoms with van der Waals surface area (Å²) in [5.41, 5.74) is 1.81. The lowest BCUT2D eigenvalue weighted by molar-refractivity contribution is 0.578. The van der Waals surface area contributed by atoms with Gasteiger partial charge in [0.05, 0.1) is 10.7 Å². The molecule has 0 saturated heterocycles. The Morgan fingerprint density at radius 1 is 1.41 bits per heavy atom. The van der Waals surface area contributed by atoms with Gasteiger partial charge in [-0.25, -0.2) is 9.97 Å². The van der Waals surface area contributed by atoms with Gasteiger partial charge in [-0.2, -0.15) is 0 Å². The van der Waals surface area contributed by atoms with E-state index in [-0.39, 0.29) is 0 Å². The lowest BCUT2D eigenvalue weighted by atomic mass is 10.2. The number of furan rings is 1. The number of nitrogens with zero attached hydrogens (tertiary/aromatic N) is 2. The van der Waals surface area contributed by atoms with Crippen molar-refractivity contribution >= 4 is 21.7 Å². The maximum Gasteiger partial charge on any atom is 0.166 e. The molecular weight excluding hydrogens is 282 g/mol. The van der Waals surface area contributed by atoms with Crippen LogP contribution in [0.2, 0.25) is 0 Å². The fourth-order valence-electron chi connectivity index (χ4n) is 1.56. The number of halogens is 1. The first-order valence-electron chi connectivity index (χ1n) is 5.53. The van der Waals surface area contributed by atoms with Crippen molar-refractivity contribution < 1.29 is 4.42 Å². The van der Waals surface area contributed by atoms with Gasteiger partial charge in [0.25, 0.3) is 0 Å². The van der Waals surface area contributed by atoms with Crippen LogP contribution in [0.25, 0.3) is 11.5 Å². The van der Waals surface area contributed by atoms with Gasteiger partial charge in [0.2, 0.25) is 0 Å². The lowest BCUT2D eigenvalue weighted by Gasteiger charge is -2.09. The van der Waals surface area contributed by atoms with E-state index in [1.165, 1.54) is 0 Å². The molecule has 90 valence electrons. The third kappa shape index (κ3) is 2.49. The molecule has 0 aliphatic heterocycles. The Hall–Kier alpha value is -1.36. The summed E-state index contributed by atoms with van der Waals surface area (Å²) in [4.78, 5) is 8.51. The Labute approximate surface area is 109 Å². The summed E-state index contributed by atoms with van der Waals surface area (Å²) in [5.74, 6) is 1.60. The zero-order valence-corrected chi connectivity index (χ0v) is 11.4. The molecule has 0 aromatic carbocycles. The Morgan fingerprint density at radius 2 is 2.24 bits per heavy atom. The Kier molecular flexibility index (Phi) is 3.78. The number of rotatable bonds is 4. The molecule has 0 atom stereocenters. The van der Waals surface area contributed by atoms with E-state index in [9.17, 15) is 0 Å². The smallest absolute Gasteiger partial charge is 0.166 e. The molecule has 0 saturated carbocycles. The summed E-state index contributed by atoms with van der Waals surface area (Å²) < 4.78 is 6.33. The van der Waals surface area contributed by atoms with Gasteiger partial charge in [-0.05, 0) is 35.3 Å². The fraction of sp³-hybridized carbons (Fsp3) is 0.333. The van der Waals surface area contributed by atoms with Crippen LogP contribution in [-0.2, 0) is 0 Å². The van der Waals surface area contributed by atoms with Crippen molar-refractivity contribution in [2.45, 2.75) is 20.3 Å². The molecule has 0 amide bonds. The normalized spacial score (nSPS) is 10.5. The van der Waals surface area contributed by atoms with Crippen molar-refractivity contribution in [2.75, 3.05) is 11.9 Å². The lowest BCUT2D eigenvalue weighted by Crippen LogP contribution is -2.05. The highest BCUT2D eigenvalue weighted by molar-refractivity contribution is 9.10. The van der Waals surface area contributed by atoms with Crippen molar-refractivity contribution in [2.24, 2.45) is 0 Å². The average Bonchev–Trinajstić information content (AvgIpc) is 2.74. The van der Waals surface area contributed by atoms with Crippen molar-refractivity contribution in [1.29, 1.82) is 0 Å². The van der Waals surface area contributed by atoms with E-state index in [1.807, 2.05) is 13.0 Å². The third-order valence-corrected chi connectivity index (χ3v) is 3.08. The van der Waals surface area contributed by atoms with Gasteiger partial charge >= 0.3 is 0 Å². The van der Waals surface area contributed by atoms with Crippen molar-refractivity contribution in [3.63, 3.8) is 0 Å². The van der Waals surface area contributed by atoms with Crippen LogP contribution in [0.1, 0.15) is 18.9 Å². The van der Waals surface area contributed by atoms with E-state index >= 15 is 0 Å². The standard InChI is InChI=1S/C12H14BrN3O/c1-3-5-14-12-8(2)10(15-7-16-12)11-9(13)4-6-17-11/h4,6-7H,3,5H2,1-2H3,(H,14,15,16). The third-order valence-electron chi connectivity index (χ3n) is 2.46. The monoisotopic (exact) mass is 295 g/mol. The molecule has 2 aromatic rings. The second-order valence-corrected chi connectivity index (χ2v) is 4.57. The minimum absolute atomic E-state index is 0.740. The fourth-order valence-corrected chi connectivity index (χ4v) is 1.95. The van der Waals surface area contributed by atoms with Crippen LogP contribution < -0.4 is 5.32 Å². The van der Waals surface area contributed by atoms with Crippen LogP contribution in [-0.4, -0.2) is 16.5 Å². The maximum absolute atomic E-state index is 5.43. The summed E-state index contributed by atoms with van der Waals surface area (Å²) in [5, 5.41) is 3.28. The van der Waals surface area contributed by atoms with Crippen molar-refractivity contribution in [3.05, 3.63) is 28.7 Å². The molecular formula is C12H14BrN3O.